The Bertz CT molecular complexity index is 441. The van der Waals surface area contributed by atoms with E-state index in [1.165, 1.54) is 32.1 Å². The van der Waals surface area contributed by atoms with E-state index in [0.717, 1.165) is 64.2 Å². The van der Waals surface area contributed by atoms with Gasteiger partial charge in [-0.3, -0.25) is 14.7 Å². The number of halogens is 1. The molecule has 2 heterocycles. The molecule has 3 fully saturated rings. The van der Waals surface area contributed by atoms with E-state index in [1.54, 1.807) is 0 Å². The van der Waals surface area contributed by atoms with Crippen molar-refractivity contribution in [2.75, 3.05) is 58.9 Å². The molecule has 0 aromatic carbocycles. The molecule has 3 rings (SSSR count). The van der Waals surface area contributed by atoms with Crippen LogP contribution in [0.3, 0.4) is 0 Å². The lowest BCUT2D eigenvalue weighted by Crippen LogP contribution is -2.54. The summed E-state index contributed by atoms with van der Waals surface area (Å²) >= 11 is 0. The van der Waals surface area contributed by atoms with Crippen LogP contribution in [0.25, 0.3) is 0 Å². The SMILES string of the molecule is CCNC(=NCCC1CC1)N1CCN(CC(=O)N2CCCC2)CC1.I. The Balaban J connectivity index is 0.00000225. The summed E-state index contributed by atoms with van der Waals surface area (Å²) in [5.41, 5.74) is 0. The molecule has 0 aromatic rings. The van der Waals surface area contributed by atoms with Gasteiger partial charge in [-0.25, -0.2) is 0 Å². The first-order valence-electron chi connectivity index (χ1n) is 9.79. The van der Waals surface area contributed by atoms with Crippen molar-refractivity contribution in [3.8, 4) is 0 Å². The number of amides is 1. The average molecular weight is 463 g/mol. The fourth-order valence-electron chi connectivity index (χ4n) is 3.56. The molecular weight excluding hydrogens is 429 g/mol. The van der Waals surface area contributed by atoms with Crippen LogP contribution >= 0.6 is 24.0 Å². The van der Waals surface area contributed by atoms with E-state index in [2.05, 4.69) is 22.0 Å². The molecule has 144 valence electrons. The predicted octanol–water partition coefficient (Wildman–Crippen LogP) is 1.61. The fourth-order valence-corrected chi connectivity index (χ4v) is 3.56. The Labute approximate surface area is 169 Å². The van der Waals surface area contributed by atoms with E-state index in [4.69, 9.17) is 4.99 Å². The summed E-state index contributed by atoms with van der Waals surface area (Å²) in [6, 6.07) is 0. The molecule has 1 aliphatic carbocycles. The molecule has 0 spiro atoms. The van der Waals surface area contributed by atoms with E-state index in [-0.39, 0.29) is 24.0 Å². The van der Waals surface area contributed by atoms with Crippen molar-refractivity contribution >= 4 is 35.8 Å². The van der Waals surface area contributed by atoms with E-state index >= 15 is 0 Å². The monoisotopic (exact) mass is 463 g/mol. The number of likely N-dealkylation sites (tertiary alicyclic amines) is 1. The number of hydrogen-bond acceptors (Lipinski definition) is 3. The first-order valence-corrected chi connectivity index (χ1v) is 9.79. The minimum absolute atomic E-state index is 0. The minimum Gasteiger partial charge on any atom is -0.357 e. The van der Waals surface area contributed by atoms with E-state index < -0.39 is 0 Å². The second-order valence-electron chi connectivity index (χ2n) is 7.32. The predicted molar refractivity (Wildman–Crippen MR) is 113 cm³/mol. The molecule has 1 N–H and O–H groups in total. The summed E-state index contributed by atoms with van der Waals surface area (Å²) in [5, 5.41) is 3.43. The Morgan fingerprint density at radius 2 is 1.72 bits per heavy atom. The van der Waals surface area contributed by atoms with Crippen molar-refractivity contribution in [1.82, 2.24) is 20.0 Å². The van der Waals surface area contributed by atoms with Crippen LogP contribution in [0.2, 0.25) is 0 Å². The first-order chi connectivity index (χ1) is 11.8. The largest absolute Gasteiger partial charge is 0.357 e. The number of guanidine groups is 1. The van der Waals surface area contributed by atoms with Crippen molar-refractivity contribution in [3.05, 3.63) is 0 Å². The minimum atomic E-state index is 0. The lowest BCUT2D eigenvalue weighted by molar-refractivity contribution is -0.131. The molecule has 3 aliphatic rings. The summed E-state index contributed by atoms with van der Waals surface area (Å²) in [4.78, 5) is 23.8. The van der Waals surface area contributed by atoms with Gasteiger partial charge in [0.05, 0.1) is 6.54 Å². The average Bonchev–Trinajstić information content (AvgIpc) is 3.24. The van der Waals surface area contributed by atoms with Crippen LogP contribution in [0, 0.1) is 5.92 Å². The van der Waals surface area contributed by atoms with Crippen LogP contribution < -0.4 is 5.32 Å². The van der Waals surface area contributed by atoms with Gasteiger partial charge in [0.25, 0.3) is 0 Å². The van der Waals surface area contributed by atoms with Crippen LogP contribution in [0.4, 0.5) is 0 Å². The number of nitrogens with zero attached hydrogens (tertiary/aromatic N) is 4. The molecule has 1 saturated carbocycles. The quantitative estimate of drug-likeness (QED) is 0.370. The zero-order valence-electron chi connectivity index (χ0n) is 15.6. The van der Waals surface area contributed by atoms with Gasteiger partial charge >= 0.3 is 0 Å². The smallest absolute Gasteiger partial charge is 0.236 e. The second kappa shape index (κ2) is 10.5. The molecule has 0 radical (unpaired) electrons. The number of carbonyl (C=O) groups is 1. The molecular formula is C18H34IN5O. The van der Waals surface area contributed by atoms with Crippen molar-refractivity contribution < 1.29 is 4.79 Å². The van der Waals surface area contributed by atoms with Crippen LogP contribution in [0.15, 0.2) is 4.99 Å². The normalized spacial score (nSPS) is 22.0. The van der Waals surface area contributed by atoms with Crippen LogP contribution in [-0.2, 0) is 4.79 Å². The molecule has 2 saturated heterocycles. The number of piperazine rings is 1. The summed E-state index contributed by atoms with van der Waals surface area (Å²) in [5.74, 6) is 2.31. The van der Waals surface area contributed by atoms with E-state index in [0.29, 0.717) is 12.5 Å². The molecule has 25 heavy (non-hydrogen) atoms. The molecule has 0 unspecified atom stereocenters. The fraction of sp³-hybridized carbons (Fsp3) is 0.889. The van der Waals surface area contributed by atoms with Crippen molar-refractivity contribution in [3.63, 3.8) is 0 Å². The van der Waals surface area contributed by atoms with Crippen molar-refractivity contribution in [1.29, 1.82) is 0 Å². The summed E-state index contributed by atoms with van der Waals surface area (Å²) in [6.45, 7) is 10.3. The highest BCUT2D eigenvalue weighted by Gasteiger charge is 2.25. The number of hydrogen-bond donors (Lipinski definition) is 1. The maximum absolute atomic E-state index is 12.3. The summed E-state index contributed by atoms with van der Waals surface area (Å²) < 4.78 is 0. The number of nitrogens with one attached hydrogen (secondary N) is 1. The Morgan fingerprint density at radius 1 is 1.04 bits per heavy atom. The van der Waals surface area contributed by atoms with Crippen molar-refractivity contribution in [2.24, 2.45) is 10.9 Å². The highest BCUT2D eigenvalue weighted by atomic mass is 127. The standard InChI is InChI=1S/C18H33N5O.HI/c1-2-19-18(20-8-7-16-5-6-16)23-13-11-21(12-14-23)15-17(24)22-9-3-4-10-22;/h16H,2-15H2,1H3,(H,19,20);1H. The zero-order chi connectivity index (χ0) is 16.8. The third kappa shape index (κ3) is 6.58. The number of rotatable bonds is 6. The summed E-state index contributed by atoms with van der Waals surface area (Å²) in [7, 11) is 0. The molecule has 2 aliphatic heterocycles. The van der Waals surface area contributed by atoms with Crippen LogP contribution in [0.1, 0.15) is 39.0 Å². The van der Waals surface area contributed by atoms with Gasteiger partial charge in [0.1, 0.15) is 0 Å². The Morgan fingerprint density at radius 3 is 2.32 bits per heavy atom. The first kappa shape index (κ1) is 20.7. The topological polar surface area (TPSA) is 51.2 Å². The lowest BCUT2D eigenvalue weighted by atomic mass is 10.3. The zero-order valence-corrected chi connectivity index (χ0v) is 17.9. The van der Waals surface area contributed by atoms with Gasteiger partial charge in [0.15, 0.2) is 5.96 Å². The molecule has 0 atom stereocenters. The van der Waals surface area contributed by atoms with Gasteiger partial charge in [0, 0.05) is 52.4 Å². The third-order valence-corrected chi connectivity index (χ3v) is 5.32. The Hall–Kier alpha value is -0.570. The van der Waals surface area contributed by atoms with E-state index in [1.807, 2.05) is 4.90 Å². The van der Waals surface area contributed by atoms with Gasteiger partial charge in [-0.05, 0) is 32.1 Å². The molecule has 0 bridgehead atoms. The highest BCUT2D eigenvalue weighted by Crippen LogP contribution is 2.32. The third-order valence-electron chi connectivity index (χ3n) is 5.32. The maximum atomic E-state index is 12.3. The van der Waals surface area contributed by atoms with Gasteiger partial charge in [-0.1, -0.05) is 12.8 Å². The lowest BCUT2D eigenvalue weighted by Gasteiger charge is -2.36. The highest BCUT2D eigenvalue weighted by molar-refractivity contribution is 14.0. The van der Waals surface area contributed by atoms with E-state index in [9.17, 15) is 4.79 Å². The number of aliphatic imine (C=N–C) groups is 1. The maximum Gasteiger partial charge on any atom is 0.236 e. The number of carbonyl (C=O) groups excluding carboxylic acids is 1. The molecule has 6 nitrogen and oxygen atoms in total. The van der Waals surface area contributed by atoms with Crippen LogP contribution in [0.5, 0.6) is 0 Å². The Kier molecular flexibility index (Phi) is 8.75. The van der Waals surface area contributed by atoms with Gasteiger partial charge in [-0.2, -0.15) is 0 Å². The second-order valence-corrected chi connectivity index (χ2v) is 7.32. The molecule has 0 aromatic heterocycles. The molecule has 1 amide bonds. The molecule has 7 heteroatoms. The van der Waals surface area contributed by atoms with Gasteiger partial charge in [-0.15, -0.1) is 24.0 Å². The van der Waals surface area contributed by atoms with Crippen LogP contribution in [-0.4, -0.2) is 85.5 Å². The van der Waals surface area contributed by atoms with Gasteiger partial charge < -0.3 is 15.1 Å². The van der Waals surface area contributed by atoms with Gasteiger partial charge in [0.2, 0.25) is 5.91 Å². The van der Waals surface area contributed by atoms with Crippen molar-refractivity contribution in [2.45, 2.75) is 39.0 Å². The summed E-state index contributed by atoms with van der Waals surface area (Å²) in [6.07, 6.45) is 6.37.